The van der Waals surface area contributed by atoms with Gasteiger partial charge in [0.2, 0.25) is 0 Å². The molecule has 3 N–H and O–H groups in total. The van der Waals surface area contributed by atoms with Crippen molar-refractivity contribution in [2.75, 3.05) is 0 Å². The van der Waals surface area contributed by atoms with Crippen molar-refractivity contribution in [2.24, 2.45) is 0 Å². The Kier molecular flexibility index (Phi) is 16.9. The molecule has 0 aliphatic heterocycles. The number of carbonyl (C=O) groups is 1. The molecule has 0 aromatic rings. The molecule has 26 heavy (non-hydrogen) atoms. The number of hydrogen-bond donors (Lipinski definition) is 3. The van der Waals surface area contributed by atoms with Crippen molar-refractivity contribution < 1.29 is 30.2 Å². The van der Waals surface area contributed by atoms with Gasteiger partial charge < -0.3 is 5.11 Å². The summed E-state index contributed by atoms with van der Waals surface area (Å²) in [6, 6.07) is 0. The molecule has 0 aromatic heterocycles. The highest BCUT2D eigenvalue weighted by Gasteiger charge is 2.05. The van der Waals surface area contributed by atoms with Gasteiger partial charge in [-0.3, -0.25) is 15.3 Å². The van der Waals surface area contributed by atoms with Crippen LogP contribution in [-0.2, 0) is 14.6 Å². The van der Waals surface area contributed by atoms with E-state index >= 15 is 0 Å². The van der Waals surface area contributed by atoms with Gasteiger partial charge in [0.1, 0.15) is 12.2 Å². The summed E-state index contributed by atoms with van der Waals surface area (Å²) in [7, 11) is 0. The van der Waals surface area contributed by atoms with Gasteiger partial charge in [-0.25, -0.2) is 9.78 Å². The maximum absolute atomic E-state index is 10.4. The normalized spacial score (nSPS) is 14.9. The van der Waals surface area contributed by atoms with Gasteiger partial charge in [-0.1, -0.05) is 74.8 Å². The first-order chi connectivity index (χ1) is 12.6. The van der Waals surface area contributed by atoms with Crippen LogP contribution in [0.2, 0.25) is 0 Å². The van der Waals surface area contributed by atoms with Crippen molar-refractivity contribution in [1.29, 1.82) is 0 Å². The number of carboxylic acids is 1. The standard InChI is InChI=1S/C20H32O6/c1-2-3-9-13-18(25-23)14-10-7-5-4-6-8-11-15-19(26-24)16-12-17-20(21)22/h5-8,10-11,14-15,18-19,23-24H,2-4,9,12-13,16-17H2,1H3,(H,21,22)/b7-5+,8-6+,14-10+,15-11+. The van der Waals surface area contributed by atoms with Gasteiger partial charge in [0.05, 0.1) is 0 Å². The highest BCUT2D eigenvalue weighted by molar-refractivity contribution is 5.66. The summed E-state index contributed by atoms with van der Waals surface area (Å²) in [5, 5.41) is 26.1. The van der Waals surface area contributed by atoms with E-state index in [9.17, 15) is 4.79 Å². The zero-order valence-corrected chi connectivity index (χ0v) is 15.5. The monoisotopic (exact) mass is 368 g/mol. The van der Waals surface area contributed by atoms with Gasteiger partial charge in [0.15, 0.2) is 0 Å². The molecule has 0 radical (unpaired) electrons. The quantitative estimate of drug-likeness (QED) is 0.151. The summed E-state index contributed by atoms with van der Waals surface area (Å²) in [6.45, 7) is 2.13. The van der Waals surface area contributed by atoms with Crippen LogP contribution in [0, 0.1) is 0 Å². The Morgan fingerprint density at radius 3 is 1.88 bits per heavy atom. The van der Waals surface area contributed by atoms with Crippen molar-refractivity contribution in [3.05, 3.63) is 48.6 Å². The van der Waals surface area contributed by atoms with E-state index < -0.39 is 12.1 Å². The Labute approximate surface area is 156 Å². The van der Waals surface area contributed by atoms with Gasteiger partial charge >= 0.3 is 5.97 Å². The van der Waals surface area contributed by atoms with Crippen LogP contribution in [0.3, 0.4) is 0 Å². The molecule has 0 fully saturated rings. The second-order valence-corrected chi connectivity index (χ2v) is 5.93. The first-order valence-corrected chi connectivity index (χ1v) is 9.12. The van der Waals surface area contributed by atoms with Gasteiger partial charge in [0.25, 0.3) is 0 Å². The summed E-state index contributed by atoms with van der Waals surface area (Å²) in [4.78, 5) is 19.1. The van der Waals surface area contributed by atoms with E-state index in [-0.39, 0.29) is 12.5 Å². The highest BCUT2D eigenvalue weighted by Crippen LogP contribution is 2.07. The summed E-state index contributed by atoms with van der Waals surface area (Å²) in [5.41, 5.74) is 0. The van der Waals surface area contributed by atoms with Gasteiger partial charge in [-0.05, 0) is 25.7 Å². The molecule has 0 saturated heterocycles. The van der Waals surface area contributed by atoms with Crippen LogP contribution in [0.25, 0.3) is 0 Å². The van der Waals surface area contributed by atoms with Crippen LogP contribution in [0.15, 0.2) is 48.6 Å². The second-order valence-electron chi connectivity index (χ2n) is 5.93. The molecule has 6 nitrogen and oxygen atoms in total. The Hall–Kier alpha value is -1.73. The lowest BCUT2D eigenvalue weighted by atomic mass is 10.1. The smallest absolute Gasteiger partial charge is 0.303 e. The number of unbranched alkanes of at least 4 members (excludes halogenated alkanes) is 2. The Morgan fingerprint density at radius 2 is 1.42 bits per heavy atom. The molecule has 2 atom stereocenters. The Morgan fingerprint density at radius 1 is 0.885 bits per heavy atom. The van der Waals surface area contributed by atoms with E-state index in [0.29, 0.717) is 12.8 Å². The molecule has 0 saturated carbocycles. The van der Waals surface area contributed by atoms with E-state index in [2.05, 4.69) is 16.7 Å². The predicted molar refractivity (Wildman–Crippen MR) is 102 cm³/mol. The van der Waals surface area contributed by atoms with Crippen LogP contribution in [0.1, 0.15) is 58.3 Å². The third-order valence-electron chi connectivity index (χ3n) is 3.66. The van der Waals surface area contributed by atoms with Crippen molar-refractivity contribution in [3.63, 3.8) is 0 Å². The molecule has 0 aromatic carbocycles. The minimum Gasteiger partial charge on any atom is -0.481 e. The van der Waals surface area contributed by atoms with E-state index in [1.807, 2.05) is 36.5 Å². The predicted octanol–water partition coefficient (Wildman–Crippen LogP) is 5.15. The molecule has 0 spiro atoms. The molecule has 0 aliphatic carbocycles. The van der Waals surface area contributed by atoms with Gasteiger partial charge in [0, 0.05) is 6.42 Å². The minimum atomic E-state index is -0.857. The third-order valence-corrected chi connectivity index (χ3v) is 3.66. The molecule has 0 rings (SSSR count). The van der Waals surface area contributed by atoms with Crippen LogP contribution in [-0.4, -0.2) is 33.8 Å². The highest BCUT2D eigenvalue weighted by atomic mass is 17.1. The minimum absolute atomic E-state index is 0.0582. The number of allylic oxidation sites excluding steroid dienone is 6. The fraction of sp³-hybridized carbons (Fsp3) is 0.550. The van der Waals surface area contributed by atoms with Gasteiger partial charge in [-0.15, -0.1) is 0 Å². The number of carboxylic acid groups (broad SMARTS) is 1. The first kappa shape index (κ1) is 24.3. The fourth-order valence-electron chi connectivity index (χ4n) is 2.19. The first-order valence-electron chi connectivity index (χ1n) is 9.12. The van der Waals surface area contributed by atoms with Crippen molar-refractivity contribution >= 4 is 5.97 Å². The van der Waals surface area contributed by atoms with Gasteiger partial charge in [-0.2, -0.15) is 0 Å². The topological polar surface area (TPSA) is 96.2 Å². The van der Waals surface area contributed by atoms with Crippen LogP contribution in [0.4, 0.5) is 0 Å². The lowest BCUT2D eigenvalue weighted by Crippen LogP contribution is -2.08. The molecule has 0 aliphatic rings. The average Bonchev–Trinajstić information content (AvgIpc) is 2.63. The number of hydrogen-bond acceptors (Lipinski definition) is 5. The van der Waals surface area contributed by atoms with Crippen LogP contribution in [0.5, 0.6) is 0 Å². The second kappa shape index (κ2) is 18.1. The van der Waals surface area contributed by atoms with E-state index in [1.165, 1.54) is 0 Å². The Balaban J connectivity index is 3.99. The van der Waals surface area contributed by atoms with E-state index in [0.717, 1.165) is 32.1 Å². The molecular weight excluding hydrogens is 336 g/mol. The summed E-state index contributed by atoms with van der Waals surface area (Å²) in [5.74, 6) is -0.857. The molecule has 0 amide bonds. The molecule has 2 unspecified atom stereocenters. The van der Waals surface area contributed by atoms with E-state index in [1.54, 1.807) is 12.2 Å². The van der Waals surface area contributed by atoms with E-state index in [4.69, 9.17) is 15.6 Å². The van der Waals surface area contributed by atoms with Crippen molar-refractivity contribution in [1.82, 2.24) is 0 Å². The summed E-state index contributed by atoms with van der Waals surface area (Å²) in [6.07, 6.45) is 19.8. The lowest BCUT2D eigenvalue weighted by molar-refractivity contribution is -0.267. The summed E-state index contributed by atoms with van der Waals surface area (Å²) < 4.78 is 0. The van der Waals surface area contributed by atoms with Crippen molar-refractivity contribution in [2.45, 2.75) is 70.5 Å². The zero-order valence-electron chi connectivity index (χ0n) is 15.5. The molecule has 0 bridgehead atoms. The largest absolute Gasteiger partial charge is 0.481 e. The zero-order chi connectivity index (χ0) is 19.5. The number of aliphatic carboxylic acids is 1. The van der Waals surface area contributed by atoms with Crippen LogP contribution >= 0.6 is 0 Å². The Bertz CT molecular complexity index is 453. The molecule has 0 heterocycles. The van der Waals surface area contributed by atoms with Crippen LogP contribution < -0.4 is 0 Å². The SMILES string of the molecule is CCCCCC(/C=C/C=C/C/C=C/C=C/C(CCCC(=O)O)OO)OO. The maximum Gasteiger partial charge on any atom is 0.303 e. The molecular formula is C20H32O6. The van der Waals surface area contributed by atoms with Crippen molar-refractivity contribution in [3.8, 4) is 0 Å². The maximum atomic E-state index is 10.4. The third kappa shape index (κ3) is 15.8. The lowest BCUT2D eigenvalue weighted by Gasteiger charge is -2.07. The fourth-order valence-corrected chi connectivity index (χ4v) is 2.19. The average molecular weight is 368 g/mol. The summed E-state index contributed by atoms with van der Waals surface area (Å²) >= 11 is 0. The molecule has 148 valence electrons. The molecule has 6 heteroatoms. The number of rotatable bonds is 16.